The van der Waals surface area contributed by atoms with E-state index in [2.05, 4.69) is 10.1 Å². The number of rotatable bonds is 5. The fourth-order valence-electron chi connectivity index (χ4n) is 4.02. The molecule has 0 bridgehead atoms. The monoisotopic (exact) mass is 442 g/mol. The summed E-state index contributed by atoms with van der Waals surface area (Å²) in [6.45, 7) is 4.37. The van der Waals surface area contributed by atoms with Crippen molar-refractivity contribution in [1.29, 1.82) is 0 Å². The van der Waals surface area contributed by atoms with Crippen molar-refractivity contribution < 1.29 is 4.39 Å². The first-order valence-corrected chi connectivity index (χ1v) is 10.7. The average Bonchev–Trinajstić information content (AvgIpc) is 3.43. The predicted octanol–water partition coefficient (Wildman–Crippen LogP) is 4.29. The second-order valence-electron chi connectivity index (χ2n) is 8.33. The highest BCUT2D eigenvalue weighted by Crippen LogP contribution is 2.28. The molecule has 0 fully saturated rings. The van der Waals surface area contributed by atoms with E-state index in [0.29, 0.717) is 23.5 Å². The minimum atomic E-state index is -0.293. The van der Waals surface area contributed by atoms with Gasteiger partial charge in [0, 0.05) is 25.0 Å². The SMILES string of the molecule is CC(C)c1cc(F)ccc1-c1ncc2c(n1)n(Cc1ccc(-n3cccn3)cc1)c(=O)n2C. The molecule has 7 nitrogen and oxygen atoms in total. The number of nitrogens with zero attached hydrogens (tertiary/aromatic N) is 6. The molecule has 3 heterocycles. The van der Waals surface area contributed by atoms with Gasteiger partial charge in [-0.25, -0.2) is 23.8 Å². The molecule has 2 aromatic carbocycles. The van der Waals surface area contributed by atoms with Crippen molar-refractivity contribution in [1.82, 2.24) is 28.9 Å². The number of halogens is 1. The second kappa shape index (κ2) is 8.12. The van der Waals surface area contributed by atoms with Crippen LogP contribution in [0, 0.1) is 5.82 Å². The minimum absolute atomic E-state index is 0.0984. The average molecular weight is 442 g/mol. The predicted molar refractivity (Wildman–Crippen MR) is 125 cm³/mol. The fourth-order valence-corrected chi connectivity index (χ4v) is 4.02. The summed E-state index contributed by atoms with van der Waals surface area (Å²) in [6, 6.07) is 14.4. The van der Waals surface area contributed by atoms with E-state index in [4.69, 9.17) is 4.98 Å². The summed E-state index contributed by atoms with van der Waals surface area (Å²) in [5.41, 5.74) is 4.51. The van der Waals surface area contributed by atoms with E-state index in [1.165, 1.54) is 12.1 Å². The second-order valence-corrected chi connectivity index (χ2v) is 8.33. The van der Waals surface area contributed by atoms with Crippen LogP contribution < -0.4 is 5.69 Å². The van der Waals surface area contributed by atoms with Crippen LogP contribution in [0.4, 0.5) is 4.39 Å². The van der Waals surface area contributed by atoms with E-state index in [-0.39, 0.29) is 17.4 Å². The Morgan fingerprint density at radius 1 is 1.09 bits per heavy atom. The van der Waals surface area contributed by atoms with Gasteiger partial charge < -0.3 is 0 Å². The third-order valence-corrected chi connectivity index (χ3v) is 5.81. The van der Waals surface area contributed by atoms with Crippen molar-refractivity contribution in [2.24, 2.45) is 7.05 Å². The lowest BCUT2D eigenvalue weighted by atomic mass is 9.96. The molecule has 3 aromatic heterocycles. The number of hydrogen-bond donors (Lipinski definition) is 0. The fraction of sp³-hybridized carbons (Fsp3) is 0.200. The Morgan fingerprint density at radius 3 is 2.58 bits per heavy atom. The molecule has 33 heavy (non-hydrogen) atoms. The zero-order valence-corrected chi connectivity index (χ0v) is 18.6. The van der Waals surface area contributed by atoms with Crippen LogP contribution in [0.2, 0.25) is 0 Å². The first-order valence-electron chi connectivity index (χ1n) is 10.7. The summed E-state index contributed by atoms with van der Waals surface area (Å²) in [4.78, 5) is 22.3. The molecule has 0 saturated carbocycles. The van der Waals surface area contributed by atoms with Gasteiger partial charge in [-0.2, -0.15) is 5.10 Å². The maximum Gasteiger partial charge on any atom is 0.330 e. The Bertz CT molecular complexity index is 1500. The van der Waals surface area contributed by atoms with Gasteiger partial charge in [-0.05, 0) is 53.4 Å². The summed E-state index contributed by atoms with van der Waals surface area (Å²) in [7, 11) is 1.71. The van der Waals surface area contributed by atoms with Crippen LogP contribution in [-0.2, 0) is 13.6 Å². The Labute approximate surface area is 189 Å². The largest absolute Gasteiger partial charge is 0.330 e. The number of imidazole rings is 1. The number of benzene rings is 2. The van der Waals surface area contributed by atoms with Gasteiger partial charge >= 0.3 is 5.69 Å². The zero-order chi connectivity index (χ0) is 23.1. The number of fused-ring (bicyclic) bond motifs is 1. The van der Waals surface area contributed by atoms with E-state index in [9.17, 15) is 9.18 Å². The van der Waals surface area contributed by atoms with E-state index in [1.807, 2.05) is 50.4 Å². The third-order valence-electron chi connectivity index (χ3n) is 5.81. The van der Waals surface area contributed by atoms with Crippen molar-refractivity contribution in [2.45, 2.75) is 26.3 Å². The standard InChI is InChI=1S/C25H23FN6O/c1-16(2)21-13-18(26)7-10-20(21)23-27-14-22-24(29-23)31(25(33)30(22)3)15-17-5-8-19(9-6-17)32-12-4-11-28-32/h4-14,16H,15H2,1-3H3. The molecule has 0 aliphatic carbocycles. The lowest BCUT2D eigenvalue weighted by Crippen LogP contribution is -2.22. The maximum atomic E-state index is 13.9. The van der Waals surface area contributed by atoms with Crippen molar-refractivity contribution in [3.8, 4) is 17.1 Å². The lowest BCUT2D eigenvalue weighted by molar-refractivity contribution is 0.623. The number of aryl methyl sites for hydroxylation is 1. The topological polar surface area (TPSA) is 70.5 Å². The molecule has 0 saturated heterocycles. The quantitative estimate of drug-likeness (QED) is 0.407. The molecular weight excluding hydrogens is 419 g/mol. The highest BCUT2D eigenvalue weighted by atomic mass is 19.1. The molecule has 5 rings (SSSR count). The normalized spacial score (nSPS) is 11.5. The summed E-state index contributed by atoms with van der Waals surface area (Å²) in [6.07, 6.45) is 5.26. The summed E-state index contributed by atoms with van der Waals surface area (Å²) >= 11 is 0. The van der Waals surface area contributed by atoms with Gasteiger partial charge in [0.05, 0.1) is 18.4 Å². The van der Waals surface area contributed by atoms with Crippen molar-refractivity contribution >= 4 is 11.2 Å². The summed E-state index contributed by atoms with van der Waals surface area (Å²) < 4.78 is 18.8. The molecular formula is C25H23FN6O. The van der Waals surface area contributed by atoms with Gasteiger partial charge in [0.15, 0.2) is 11.5 Å². The number of hydrogen-bond acceptors (Lipinski definition) is 4. The van der Waals surface area contributed by atoms with Gasteiger partial charge in [0.1, 0.15) is 11.3 Å². The van der Waals surface area contributed by atoms with E-state index >= 15 is 0 Å². The van der Waals surface area contributed by atoms with E-state index in [0.717, 1.165) is 22.4 Å². The van der Waals surface area contributed by atoms with Gasteiger partial charge in [0.2, 0.25) is 0 Å². The van der Waals surface area contributed by atoms with Gasteiger partial charge in [-0.1, -0.05) is 26.0 Å². The van der Waals surface area contributed by atoms with Crippen LogP contribution in [-0.4, -0.2) is 28.9 Å². The van der Waals surface area contributed by atoms with E-state index < -0.39 is 0 Å². The Kier molecular flexibility index (Phi) is 5.12. The van der Waals surface area contributed by atoms with Crippen LogP contribution in [0.3, 0.4) is 0 Å². The van der Waals surface area contributed by atoms with Crippen molar-refractivity contribution in [3.05, 3.63) is 94.5 Å². The third kappa shape index (κ3) is 3.73. The Balaban J connectivity index is 1.57. The molecule has 0 aliphatic rings. The molecule has 8 heteroatoms. The van der Waals surface area contributed by atoms with Crippen LogP contribution in [0.1, 0.15) is 30.9 Å². The lowest BCUT2D eigenvalue weighted by Gasteiger charge is -2.12. The molecule has 0 radical (unpaired) electrons. The minimum Gasteiger partial charge on any atom is -0.292 e. The first-order chi connectivity index (χ1) is 15.9. The van der Waals surface area contributed by atoms with Crippen LogP contribution >= 0.6 is 0 Å². The zero-order valence-electron chi connectivity index (χ0n) is 18.6. The van der Waals surface area contributed by atoms with Crippen LogP contribution in [0.15, 0.2) is 71.9 Å². The number of aromatic nitrogens is 6. The molecule has 166 valence electrons. The summed E-state index contributed by atoms with van der Waals surface area (Å²) in [5.74, 6) is 0.277. The molecule has 0 unspecified atom stereocenters. The van der Waals surface area contributed by atoms with Gasteiger partial charge in [-0.15, -0.1) is 0 Å². The molecule has 0 spiro atoms. The molecule has 0 atom stereocenters. The van der Waals surface area contributed by atoms with E-state index in [1.54, 1.807) is 39.3 Å². The Morgan fingerprint density at radius 2 is 1.88 bits per heavy atom. The highest BCUT2D eigenvalue weighted by molar-refractivity contribution is 5.74. The smallest absolute Gasteiger partial charge is 0.292 e. The van der Waals surface area contributed by atoms with Gasteiger partial charge in [-0.3, -0.25) is 9.13 Å². The van der Waals surface area contributed by atoms with Gasteiger partial charge in [0.25, 0.3) is 0 Å². The highest BCUT2D eigenvalue weighted by Gasteiger charge is 2.17. The Hall–Kier alpha value is -4.07. The summed E-state index contributed by atoms with van der Waals surface area (Å²) in [5, 5.41) is 4.24. The molecule has 0 N–H and O–H groups in total. The molecule has 0 aliphatic heterocycles. The molecule has 5 aromatic rings. The van der Waals surface area contributed by atoms with Crippen LogP contribution in [0.25, 0.3) is 28.2 Å². The van der Waals surface area contributed by atoms with Crippen LogP contribution in [0.5, 0.6) is 0 Å². The van der Waals surface area contributed by atoms with Crippen molar-refractivity contribution in [3.63, 3.8) is 0 Å². The molecule has 0 amide bonds. The van der Waals surface area contributed by atoms with Crippen molar-refractivity contribution in [2.75, 3.05) is 0 Å². The first kappa shape index (κ1) is 20.8. The maximum absolute atomic E-state index is 13.9.